The largest absolute Gasteiger partial charge is 0.386 e. The molecule has 1 N–H and O–H groups in total. The fraction of sp³-hybridized carbons (Fsp3) is 0.429. The highest BCUT2D eigenvalue weighted by Gasteiger charge is 2.39. The van der Waals surface area contributed by atoms with E-state index in [0.29, 0.717) is 24.9 Å². The van der Waals surface area contributed by atoms with Gasteiger partial charge in [0.25, 0.3) is 0 Å². The molecular formula is C14H16BrN3O2. The molecule has 2 heterocycles. The molecule has 0 bridgehead atoms. The molecule has 1 fully saturated rings. The third-order valence-electron chi connectivity index (χ3n) is 3.52. The first-order valence-electron chi connectivity index (χ1n) is 6.51. The van der Waals surface area contributed by atoms with Gasteiger partial charge in [0, 0.05) is 10.4 Å². The lowest BCUT2D eigenvalue weighted by Crippen LogP contribution is -2.60. The van der Waals surface area contributed by atoms with Gasteiger partial charge in [-0.25, -0.2) is 0 Å². The van der Waals surface area contributed by atoms with E-state index < -0.39 is 5.60 Å². The smallest absolute Gasteiger partial charge is 0.324 e. The van der Waals surface area contributed by atoms with Gasteiger partial charge in [0.2, 0.25) is 0 Å². The van der Waals surface area contributed by atoms with E-state index in [4.69, 9.17) is 4.52 Å². The molecule has 2 aromatic rings. The second kappa shape index (κ2) is 4.86. The van der Waals surface area contributed by atoms with Crippen LogP contribution in [-0.4, -0.2) is 33.9 Å². The molecule has 20 heavy (non-hydrogen) atoms. The minimum atomic E-state index is -0.647. The van der Waals surface area contributed by atoms with E-state index in [1.807, 2.05) is 36.1 Å². The van der Waals surface area contributed by atoms with Crippen LogP contribution in [0.3, 0.4) is 0 Å². The summed E-state index contributed by atoms with van der Waals surface area (Å²) in [4.78, 5) is 6.30. The Balaban J connectivity index is 1.75. The van der Waals surface area contributed by atoms with Gasteiger partial charge in [-0.1, -0.05) is 40.1 Å². The molecule has 1 aromatic heterocycles. The first-order chi connectivity index (χ1) is 9.44. The molecule has 0 saturated carbocycles. The summed E-state index contributed by atoms with van der Waals surface area (Å²) in [6.07, 6.45) is 0. The molecular weight excluding hydrogens is 322 g/mol. The third kappa shape index (κ3) is 2.58. The van der Waals surface area contributed by atoms with Gasteiger partial charge >= 0.3 is 6.01 Å². The van der Waals surface area contributed by atoms with E-state index in [1.165, 1.54) is 0 Å². The van der Waals surface area contributed by atoms with Crippen molar-refractivity contribution in [3.63, 3.8) is 0 Å². The van der Waals surface area contributed by atoms with Crippen LogP contribution in [0.4, 0.5) is 6.01 Å². The maximum absolute atomic E-state index is 9.73. The Labute approximate surface area is 125 Å². The maximum Gasteiger partial charge on any atom is 0.324 e. The molecule has 0 amide bonds. The van der Waals surface area contributed by atoms with Crippen molar-refractivity contribution in [2.75, 3.05) is 18.0 Å². The molecule has 1 saturated heterocycles. The van der Waals surface area contributed by atoms with Crippen molar-refractivity contribution in [2.45, 2.75) is 25.4 Å². The van der Waals surface area contributed by atoms with Crippen LogP contribution in [0.5, 0.6) is 0 Å². The first kappa shape index (κ1) is 13.6. The van der Waals surface area contributed by atoms with E-state index in [1.54, 1.807) is 6.92 Å². The number of benzene rings is 1. The summed E-state index contributed by atoms with van der Waals surface area (Å²) in [7, 11) is 0. The topological polar surface area (TPSA) is 62.4 Å². The van der Waals surface area contributed by atoms with E-state index in [2.05, 4.69) is 26.1 Å². The van der Waals surface area contributed by atoms with Crippen LogP contribution < -0.4 is 4.90 Å². The number of hydrogen-bond donors (Lipinski definition) is 1. The quantitative estimate of drug-likeness (QED) is 0.932. The van der Waals surface area contributed by atoms with Gasteiger partial charge in [-0.2, -0.15) is 4.98 Å². The molecule has 3 rings (SSSR count). The molecule has 1 unspecified atom stereocenters. The minimum absolute atomic E-state index is 0.0717. The van der Waals surface area contributed by atoms with E-state index in [-0.39, 0.29) is 5.92 Å². The summed E-state index contributed by atoms with van der Waals surface area (Å²) in [5.74, 6) is 0.733. The standard InChI is InChI=1S/C14H16BrN3O2/c1-9(10-3-5-11(15)6-4-10)12-16-13(20-17-12)18-7-14(2,19)8-18/h3-6,9,19H,7-8H2,1-2H3. The molecule has 1 aliphatic rings. The molecule has 0 spiro atoms. The molecule has 1 atom stereocenters. The van der Waals surface area contributed by atoms with Crippen molar-refractivity contribution in [3.8, 4) is 0 Å². The predicted molar refractivity (Wildman–Crippen MR) is 78.8 cm³/mol. The van der Waals surface area contributed by atoms with Crippen molar-refractivity contribution in [1.82, 2.24) is 10.1 Å². The summed E-state index contributed by atoms with van der Waals surface area (Å²) in [6, 6.07) is 8.56. The van der Waals surface area contributed by atoms with Gasteiger partial charge in [-0.15, -0.1) is 0 Å². The van der Waals surface area contributed by atoms with Gasteiger partial charge in [0.05, 0.1) is 18.7 Å². The number of aliphatic hydroxyl groups is 1. The van der Waals surface area contributed by atoms with Crippen LogP contribution in [0.1, 0.15) is 31.2 Å². The second-order valence-electron chi connectivity index (χ2n) is 5.56. The Morgan fingerprint density at radius 1 is 1.35 bits per heavy atom. The van der Waals surface area contributed by atoms with Crippen molar-refractivity contribution < 1.29 is 9.63 Å². The summed E-state index contributed by atoms with van der Waals surface area (Å²) in [5.41, 5.74) is 0.488. The van der Waals surface area contributed by atoms with Gasteiger partial charge < -0.3 is 14.5 Å². The number of anilines is 1. The van der Waals surface area contributed by atoms with E-state index in [0.717, 1.165) is 10.0 Å². The fourth-order valence-corrected chi connectivity index (χ4v) is 2.61. The zero-order valence-electron chi connectivity index (χ0n) is 11.4. The number of β-amino-alcohol motifs (C(OH)–C–C–N with tert-alkyl or cyclic N) is 1. The van der Waals surface area contributed by atoms with Crippen LogP contribution in [0.25, 0.3) is 0 Å². The van der Waals surface area contributed by atoms with Gasteiger partial charge in [0.15, 0.2) is 5.82 Å². The normalized spacial score (nSPS) is 18.7. The zero-order chi connectivity index (χ0) is 14.3. The van der Waals surface area contributed by atoms with Gasteiger partial charge in [-0.3, -0.25) is 0 Å². The van der Waals surface area contributed by atoms with Crippen LogP contribution in [-0.2, 0) is 0 Å². The third-order valence-corrected chi connectivity index (χ3v) is 4.05. The minimum Gasteiger partial charge on any atom is -0.386 e. The van der Waals surface area contributed by atoms with E-state index >= 15 is 0 Å². The molecule has 106 valence electrons. The Morgan fingerprint density at radius 3 is 2.60 bits per heavy atom. The van der Waals surface area contributed by atoms with Crippen LogP contribution >= 0.6 is 15.9 Å². The second-order valence-corrected chi connectivity index (χ2v) is 6.48. The average molecular weight is 338 g/mol. The van der Waals surface area contributed by atoms with Gasteiger partial charge in [0.1, 0.15) is 0 Å². The van der Waals surface area contributed by atoms with Crippen molar-refractivity contribution in [3.05, 3.63) is 40.1 Å². The van der Waals surface area contributed by atoms with E-state index in [9.17, 15) is 5.11 Å². The summed E-state index contributed by atoms with van der Waals surface area (Å²) < 4.78 is 6.32. The maximum atomic E-state index is 9.73. The lowest BCUT2D eigenvalue weighted by Gasteiger charge is -2.42. The molecule has 1 aliphatic heterocycles. The molecule has 1 aromatic carbocycles. The lowest BCUT2D eigenvalue weighted by atomic mass is 9.98. The van der Waals surface area contributed by atoms with Gasteiger partial charge in [-0.05, 0) is 24.6 Å². The highest BCUT2D eigenvalue weighted by Crippen LogP contribution is 2.29. The molecule has 0 aliphatic carbocycles. The Kier molecular flexibility index (Phi) is 3.30. The van der Waals surface area contributed by atoms with Crippen molar-refractivity contribution >= 4 is 21.9 Å². The molecule has 0 radical (unpaired) electrons. The SMILES string of the molecule is CC(c1ccc(Br)cc1)c1noc(N2CC(C)(O)C2)n1. The Morgan fingerprint density at radius 2 is 2.00 bits per heavy atom. The Bertz CT molecular complexity index is 601. The monoisotopic (exact) mass is 337 g/mol. The highest BCUT2D eigenvalue weighted by molar-refractivity contribution is 9.10. The lowest BCUT2D eigenvalue weighted by molar-refractivity contribution is 0.0272. The first-order valence-corrected chi connectivity index (χ1v) is 7.30. The number of aromatic nitrogens is 2. The number of hydrogen-bond acceptors (Lipinski definition) is 5. The van der Waals surface area contributed by atoms with Crippen molar-refractivity contribution in [2.24, 2.45) is 0 Å². The Hall–Kier alpha value is -1.40. The molecule has 5 nitrogen and oxygen atoms in total. The number of halogens is 1. The molecule has 6 heteroatoms. The summed E-state index contributed by atoms with van der Waals surface area (Å²) in [6.45, 7) is 4.90. The van der Waals surface area contributed by atoms with Crippen LogP contribution in [0, 0.1) is 0 Å². The fourth-order valence-electron chi connectivity index (χ4n) is 2.34. The van der Waals surface area contributed by atoms with Crippen LogP contribution in [0.2, 0.25) is 0 Å². The predicted octanol–water partition coefficient (Wildman–Crippen LogP) is 2.55. The zero-order valence-corrected chi connectivity index (χ0v) is 13.0. The van der Waals surface area contributed by atoms with Crippen molar-refractivity contribution in [1.29, 1.82) is 0 Å². The van der Waals surface area contributed by atoms with Crippen LogP contribution in [0.15, 0.2) is 33.3 Å². The highest BCUT2D eigenvalue weighted by atomic mass is 79.9. The summed E-state index contributed by atoms with van der Waals surface area (Å²) in [5, 5.41) is 13.8. The summed E-state index contributed by atoms with van der Waals surface area (Å²) >= 11 is 3.42. The number of rotatable bonds is 3. The average Bonchev–Trinajstić information content (AvgIpc) is 2.85. The number of nitrogens with zero attached hydrogens (tertiary/aromatic N) is 3.